The Morgan fingerprint density at radius 2 is 2.17 bits per heavy atom. The van der Waals surface area contributed by atoms with Gasteiger partial charge in [-0.3, -0.25) is 4.79 Å². The standard InChI is InChI=1S/C25H29ClN4O4S2/c1-5-33-24(32)21-18-10-9-14(2)11-19(18)36-23(21)27-20(31)13-35-25-29-28-22(30(25)4)15(3)34-17-8-6-7-16(26)12-17/h6-8,12,14-15H,5,9-11,13H2,1-4H3,(H,27,31). The van der Waals surface area contributed by atoms with Crippen LogP contribution in [-0.4, -0.2) is 39.0 Å². The quantitative estimate of drug-likeness (QED) is 0.270. The molecule has 0 fully saturated rings. The van der Waals surface area contributed by atoms with Gasteiger partial charge in [0.15, 0.2) is 17.1 Å². The maximum absolute atomic E-state index is 12.8. The van der Waals surface area contributed by atoms with Crippen LogP contribution in [0.1, 0.15) is 59.9 Å². The number of aromatic nitrogens is 3. The zero-order valence-corrected chi connectivity index (χ0v) is 23.1. The first-order chi connectivity index (χ1) is 17.3. The molecule has 1 aliphatic rings. The number of amides is 1. The average molecular weight is 549 g/mol. The Morgan fingerprint density at radius 1 is 1.36 bits per heavy atom. The summed E-state index contributed by atoms with van der Waals surface area (Å²) < 4.78 is 13.0. The molecule has 0 spiro atoms. The van der Waals surface area contributed by atoms with Gasteiger partial charge in [0.1, 0.15) is 10.8 Å². The van der Waals surface area contributed by atoms with E-state index in [1.165, 1.54) is 23.1 Å². The van der Waals surface area contributed by atoms with E-state index < -0.39 is 0 Å². The highest BCUT2D eigenvalue weighted by Gasteiger charge is 2.29. The fourth-order valence-electron chi connectivity index (χ4n) is 4.15. The van der Waals surface area contributed by atoms with E-state index in [4.69, 9.17) is 21.1 Å². The molecule has 3 aromatic rings. The van der Waals surface area contributed by atoms with Crippen LogP contribution in [0.15, 0.2) is 29.4 Å². The Balaban J connectivity index is 1.41. The Labute approximate surface area is 223 Å². The first-order valence-electron chi connectivity index (χ1n) is 11.8. The lowest BCUT2D eigenvalue weighted by Crippen LogP contribution is -2.18. The van der Waals surface area contributed by atoms with E-state index in [-0.39, 0.29) is 30.3 Å². The third-order valence-corrected chi connectivity index (χ3v) is 8.34. The lowest BCUT2D eigenvalue weighted by atomic mass is 9.88. The number of carbonyl (C=O) groups excluding carboxylic acids is 2. The van der Waals surface area contributed by atoms with Crippen molar-refractivity contribution in [2.24, 2.45) is 13.0 Å². The highest BCUT2D eigenvalue weighted by Crippen LogP contribution is 2.40. The summed E-state index contributed by atoms with van der Waals surface area (Å²) in [5.41, 5.74) is 1.53. The second kappa shape index (κ2) is 11.7. The van der Waals surface area contributed by atoms with Gasteiger partial charge in [-0.1, -0.05) is 36.4 Å². The fourth-order valence-corrected chi connectivity index (χ4v) is 6.47. The van der Waals surface area contributed by atoms with E-state index in [1.807, 2.05) is 30.7 Å². The molecular formula is C25H29ClN4O4S2. The van der Waals surface area contributed by atoms with Crippen LogP contribution in [-0.2, 0) is 29.4 Å². The Hall–Kier alpha value is -2.56. The van der Waals surface area contributed by atoms with Gasteiger partial charge in [-0.2, -0.15) is 0 Å². The van der Waals surface area contributed by atoms with Crippen molar-refractivity contribution in [3.05, 3.63) is 51.1 Å². The largest absolute Gasteiger partial charge is 0.483 e. The van der Waals surface area contributed by atoms with Gasteiger partial charge in [0, 0.05) is 16.9 Å². The van der Waals surface area contributed by atoms with Crippen molar-refractivity contribution >= 4 is 51.6 Å². The van der Waals surface area contributed by atoms with Crippen LogP contribution in [0.4, 0.5) is 5.00 Å². The van der Waals surface area contributed by atoms with Crippen molar-refractivity contribution in [2.45, 2.75) is 51.3 Å². The van der Waals surface area contributed by atoms with Crippen LogP contribution >= 0.6 is 34.7 Å². The number of benzene rings is 1. The molecule has 0 bridgehead atoms. The van der Waals surface area contributed by atoms with Gasteiger partial charge in [0.25, 0.3) is 0 Å². The van der Waals surface area contributed by atoms with Gasteiger partial charge < -0.3 is 19.4 Å². The first-order valence-corrected chi connectivity index (χ1v) is 14.0. The SMILES string of the molecule is CCOC(=O)c1c(NC(=O)CSc2nnc(C(C)Oc3cccc(Cl)c3)n2C)sc2c1CCC(C)C2. The maximum Gasteiger partial charge on any atom is 0.341 e. The average Bonchev–Trinajstić information content (AvgIpc) is 3.37. The molecule has 36 heavy (non-hydrogen) atoms. The summed E-state index contributed by atoms with van der Waals surface area (Å²) >= 11 is 8.79. The van der Waals surface area contributed by atoms with E-state index in [0.717, 1.165) is 29.7 Å². The second-order valence-corrected chi connectivity index (χ2v) is 11.2. The van der Waals surface area contributed by atoms with Gasteiger partial charge >= 0.3 is 5.97 Å². The summed E-state index contributed by atoms with van der Waals surface area (Å²) in [5.74, 6) is 1.35. The van der Waals surface area contributed by atoms with E-state index >= 15 is 0 Å². The van der Waals surface area contributed by atoms with Crippen LogP contribution in [0.25, 0.3) is 0 Å². The topological polar surface area (TPSA) is 95.3 Å². The summed E-state index contributed by atoms with van der Waals surface area (Å²) in [5, 5.41) is 13.2. The zero-order chi connectivity index (χ0) is 25.8. The molecule has 1 aliphatic carbocycles. The van der Waals surface area contributed by atoms with Crippen molar-refractivity contribution in [3.8, 4) is 5.75 Å². The lowest BCUT2D eigenvalue weighted by Gasteiger charge is -2.18. The van der Waals surface area contributed by atoms with E-state index in [9.17, 15) is 9.59 Å². The minimum absolute atomic E-state index is 0.122. The molecule has 2 heterocycles. The third kappa shape index (κ3) is 6.04. The molecule has 2 atom stereocenters. The minimum Gasteiger partial charge on any atom is -0.483 e. The highest BCUT2D eigenvalue weighted by atomic mass is 35.5. The Morgan fingerprint density at radius 3 is 2.92 bits per heavy atom. The predicted octanol–water partition coefficient (Wildman–Crippen LogP) is 5.70. The molecule has 1 N–H and O–H groups in total. The maximum atomic E-state index is 12.8. The summed E-state index contributed by atoms with van der Waals surface area (Å²) in [6, 6.07) is 7.16. The Bertz CT molecular complexity index is 1260. The molecule has 0 aliphatic heterocycles. The summed E-state index contributed by atoms with van der Waals surface area (Å²) in [6.45, 7) is 6.15. The number of halogens is 1. The normalized spacial score (nSPS) is 15.8. The van der Waals surface area contributed by atoms with E-state index in [2.05, 4.69) is 22.4 Å². The number of fused-ring (bicyclic) bond motifs is 1. The predicted molar refractivity (Wildman–Crippen MR) is 142 cm³/mol. The molecule has 0 radical (unpaired) electrons. The van der Waals surface area contributed by atoms with Crippen molar-refractivity contribution in [3.63, 3.8) is 0 Å². The number of nitrogens with zero attached hydrogens (tertiary/aromatic N) is 3. The van der Waals surface area contributed by atoms with Crippen molar-refractivity contribution in [1.29, 1.82) is 0 Å². The monoisotopic (exact) mass is 548 g/mol. The third-order valence-electron chi connectivity index (χ3n) is 5.92. The van der Waals surface area contributed by atoms with Crippen molar-refractivity contribution in [1.82, 2.24) is 14.8 Å². The minimum atomic E-state index is -0.376. The molecule has 11 heteroatoms. The van der Waals surface area contributed by atoms with E-state index in [0.29, 0.717) is 38.2 Å². The van der Waals surface area contributed by atoms with Gasteiger partial charge in [-0.25, -0.2) is 4.79 Å². The number of hydrogen-bond acceptors (Lipinski definition) is 8. The number of rotatable bonds is 9. The molecule has 4 rings (SSSR count). The second-order valence-electron chi connectivity index (χ2n) is 8.73. The highest BCUT2D eigenvalue weighted by molar-refractivity contribution is 7.99. The number of anilines is 1. The molecule has 0 saturated heterocycles. The molecule has 1 aromatic carbocycles. The van der Waals surface area contributed by atoms with Crippen LogP contribution in [0.2, 0.25) is 5.02 Å². The van der Waals surface area contributed by atoms with Gasteiger partial charge in [-0.15, -0.1) is 21.5 Å². The number of esters is 1. The summed E-state index contributed by atoms with van der Waals surface area (Å²) in [6.07, 6.45) is 2.39. The summed E-state index contributed by atoms with van der Waals surface area (Å²) in [4.78, 5) is 26.7. The molecule has 1 amide bonds. The molecule has 2 aromatic heterocycles. The number of carbonyl (C=O) groups is 2. The van der Waals surface area contributed by atoms with Gasteiger partial charge in [-0.05, 0) is 62.8 Å². The van der Waals surface area contributed by atoms with Gasteiger partial charge in [0.05, 0.1) is 17.9 Å². The van der Waals surface area contributed by atoms with Gasteiger partial charge in [0.2, 0.25) is 5.91 Å². The molecule has 0 saturated carbocycles. The van der Waals surface area contributed by atoms with Crippen LogP contribution in [0.5, 0.6) is 5.75 Å². The first kappa shape index (κ1) is 26.5. The van der Waals surface area contributed by atoms with Crippen LogP contribution in [0, 0.1) is 5.92 Å². The molecule has 192 valence electrons. The van der Waals surface area contributed by atoms with Crippen LogP contribution < -0.4 is 10.1 Å². The zero-order valence-electron chi connectivity index (χ0n) is 20.7. The number of hydrogen-bond donors (Lipinski definition) is 1. The number of nitrogens with one attached hydrogen (secondary N) is 1. The van der Waals surface area contributed by atoms with Crippen molar-refractivity contribution < 1.29 is 19.1 Å². The van der Waals surface area contributed by atoms with Crippen LogP contribution in [0.3, 0.4) is 0 Å². The fraction of sp³-hybridized carbons (Fsp3) is 0.440. The number of thioether (sulfide) groups is 1. The van der Waals surface area contributed by atoms with E-state index in [1.54, 1.807) is 19.1 Å². The lowest BCUT2D eigenvalue weighted by molar-refractivity contribution is -0.113. The number of thiophene rings is 1. The molecule has 8 nitrogen and oxygen atoms in total. The van der Waals surface area contributed by atoms with Crippen molar-refractivity contribution in [2.75, 3.05) is 17.7 Å². The summed E-state index contributed by atoms with van der Waals surface area (Å²) in [7, 11) is 1.83. The smallest absolute Gasteiger partial charge is 0.341 e. The molecule has 2 unspecified atom stereocenters. The molecular weight excluding hydrogens is 520 g/mol. The Kier molecular flexibility index (Phi) is 8.58. The number of ether oxygens (including phenoxy) is 2.